The van der Waals surface area contributed by atoms with E-state index in [1.54, 1.807) is 18.2 Å². The zero-order valence-corrected chi connectivity index (χ0v) is 10.4. The average molecular weight is 284 g/mol. The van der Waals surface area contributed by atoms with Gasteiger partial charge in [-0.3, -0.25) is 10.1 Å². The predicted molar refractivity (Wildman–Crippen MR) is 70.8 cm³/mol. The zero-order valence-electron chi connectivity index (χ0n) is 8.93. The van der Waals surface area contributed by atoms with Crippen LogP contribution in [0, 0.1) is 10.1 Å². The van der Waals surface area contributed by atoms with Crippen molar-refractivity contribution in [2.75, 3.05) is 5.73 Å². The molecule has 5 nitrogen and oxygen atoms in total. The number of halogens is 2. The molecule has 0 fully saturated rings. The highest BCUT2D eigenvalue weighted by atomic mass is 35.5. The molecule has 0 saturated heterocycles. The van der Waals surface area contributed by atoms with Gasteiger partial charge < -0.3 is 5.73 Å². The number of nitrogen functional groups attached to an aromatic ring is 1. The molecule has 2 aromatic rings. The van der Waals surface area contributed by atoms with Gasteiger partial charge in [0.25, 0.3) is 0 Å². The fourth-order valence-electron chi connectivity index (χ4n) is 1.52. The van der Waals surface area contributed by atoms with Crippen LogP contribution in [0.5, 0.6) is 0 Å². The summed E-state index contributed by atoms with van der Waals surface area (Å²) in [6.07, 6.45) is 1.40. The molecule has 0 amide bonds. The van der Waals surface area contributed by atoms with Crippen molar-refractivity contribution in [2.24, 2.45) is 0 Å². The number of rotatable bonds is 2. The van der Waals surface area contributed by atoms with Gasteiger partial charge in [-0.25, -0.2) is 4.98 Å². The molecule has 18 heavy (non-hydrogen) atoms. The first kappa shape index (κ1) is 12.6. The van der Waals surface area contributed by atoms with Crippen LogP contribution >= 0.6 is 23.2 Å². The zero-order chi connectivity index (χ0) is 13.3. The van der Waals surface area contributed by atoms with Gasteiger partial charge >= 0.3 is 5.69 Å². The summed E-state index contributed by atoms with van der Waals surface area (Å²) in [5, 5.41) is 11.6. The van der Waals surface area contributed by atoms with Crippen LogP contribution in [-0.4, -0.2) is 9.91 Å². The average Bonchev–Trinajstić information content (AvgIpc) is 2.30. The molecule has 0 aliphatic heterocycles. The lowest BCUT2D eigenvalue weighted by molar-refractivity contribution is -0.384. The normalized spacial score (nSPS) is 10.3. The maximum atomic E-state index is 10.8. The molecule has 0 atom stereocenters. The summed E-state index contributed by atoms with van der Waals surface area (Å²) >= 11 is 12.0. The van der Waals surface area contributed by atoms with Gasteiger partial charge in [-0.1, -0.05) is 29.3 Å². The molecule has 2 N–H and O–H groups in total. The molecule has 0 radical (unpaired) electrons. The lowest BCUT2D eigenvalue weighted by Crippen LogP contribution is -1.98. The fourth-order valence-corrected chi connectivity index (χ4v) is 2.14. The van der Waals surface area contributed by atoms with E-state index in [0.717, 1.165) is 0 Å². The van der Waals surface area contributed by atoms with Gasteiger partial charge in [0.2, 0.25) is 5.82 Å². The number of nitro groups is 1. The number of benzene rings is 1. The summed E-state index contributed by atoms with van der Waals surface area (Å²) in [4.78, 5) is 14.0. The van der Waals surface area contributed by atoms with E-state index >= 15 is 0 Å². The smallest absolute Gasteiger partial charge is 0.311 e. The molecule has 0 unspecified atom stereocenters. The SMILES string of the molecule is Nc1ncc(-c2c(Cl)cccc2Cl)cc1[N+](=O)[O-]. The molecule has 0 aliphatic rings. The van der Waals surface area contributed by atoms with Crippen molar-refractivity contribution in [3.8, 4) is 11.1 Å². The van der Waals surface area contributed by atoms with Gasteiger partial charge in [0.05, 0.1) is 4.92 Å². The van der Waals surface area contributed by atoms with Crippen molar-refractivity contribution < 1.29 is 4.92 Å². The lowest BCUT2D eigenvalue weighted by atomic mass is 10.1. The number of hydrogen-bond acceptors (Lipinski definition) is 4. The van der Waals surface area contributed by atoms with Gasteiger partial charge in [-0.2, -0.15) is 0 Å². The second-order valence-corrected chi connectivity index (χ2v) is 4.30. The standard InChI is InChI=1S/C11H7Cl2N3O2/c12-7-2-1-3-8(13)10(7)6-4-9(16(17)18)11(14)15-5-6/h1-5H,(H2,14,15). The number of nitrogens with zero attached hydrogens (tertiary/aromatic N) is 2. The lowest BCUT2D eigenvalue weighted by Gasteiger charge is -2.07. The Morgan fingerprint density at radius 1 is 1.28 bits per heavy atom. The summed E-state index contributed by atoms with van der Waals surface area (Å²) in [6, 6.07) is 6.28. The predicted octanol–water partition coefficient (Wildman–Crippen LogP) is 3.55. The van der Waals surface area contributed by atoms with Crippen molar-refractivity contribution in [1.29, 1.82) is 0 Å². The molecule has 0 spiro atoms. The maximum Gasteiger partial charge on any atom is 0.311 e. The van der Waals surface area contributed by atoms with Crippen molar-refractivity contribution >= 4 is 34.7 Å². The van der Waals surface area contributed by atoms with E-state index in [0.29, 0.717) is 21.2 Å². The Kier molecular flexibility index (Phi) is 3.36. The summed E-state index contributed by atoms with van der Waals surface area (Å²) in [6.45, 7) is 0. The third-order valence-electron chi connectivity index (χ3n) is 2.35. The summed E-state index contributed by atoms with van der Waals surface area (Å²) in [7, 11) is 0. The summed E-state index contributed by atoms with van der Waals surface area (Å²) < 4.78 is 0. The largest absolute Gasteiger partial charge is 0.378 e. The maximum absolute atomic E-state index is 10.8. The molecule has 0 bridgehead atoms. The van der Waals surface area contributed by atoms with E-state index in [1.165, 1.54) is 12.3 Å². The quantitative estimate of drug-likeness (QED) is 0.675. The molecule has 1 aromatic carbocycles. The molecule has 0 saturated carbocycles. The second-order valence-electron chi connectivity index (χ2n) is 3.48. The van der Waals surface area contributed by atoms with Gasteiger partial charge in [0.1, 0.15) is 0 Å². The Balaban J connectivity index is 2.65. The third-order valence-corrected chi connectivity index (χ3v) is 2.98. The van der Waals surface area contributed by atoms with Gasteiger partial charge in [-0.15, -0.1) is 0 Å². The van der Waals surface area contributed by atoms with Crippen LogP contribution in [0.3, 0.4) is 0 Å². The van der Waals surface area contributed by atoms with Crippen LogP contribution in [0.1, 0.15) is 0 Å². The van der Waals surface area contributed by atoms with Gasteiger partial charge in [0.15, 0.2) is 0 Å². The number of hydrogen-bond donors (Lipinski definition) is 1. The van der Waals surface area contributed by atoms with Crippen molar-refractivity contribution in [3.63, 3.8) is 0 Å². The van der Waals surface area contributed by atoms with E-state index in [4.69, 9.17) is 28.9 Å². The van der Waals surface area contributed by atoms with Crippen LogP contribution in [0.15, 0.2) is 30.5 Å². The fraction of sp³-hybridized carbons (Fsp3) is 0. The molecule has 92 valence electrons. The Morgan fingerprint density at radius 2 is 1.89 bits per heavy atom. The van der Waals surface area contributed by atoms with Gasteiger partial charge in [0, 0.05) is 33.4 Å². The molecular weight excluding hydrogens is 277 g/mol. The second kappa shape index (κ2) is 4.80. The third kappa shape index (κ3) is 2.23. The topological polar surface area (TPSA) is 82.0 Å². The molecule has 1 aromatic heterocycles. The van der Waals surface area contributed by atoms with Crippen LogP contribution < -0.4 is 5.73 Å². The first-order valence-electron chi connectivity index (χ1n) is 4.85. The van der Waals surface area contributed by atoms with Crippen molar-refractivity contribution in [1.82, 2.24) is 4.98 Å². The minimum absolute atomic E-state index is 0.146. The minimum Gasteiger partial charge on any atom is -0.378 e. The molecule has 2 rings (SSSR count). The number of nitrogens with two attached hydrogens (primary N) is 1. The van der Waals surface area contributed by atoms with E-state index < -0.39 is 4.92 Å². The highest BCUT2D eigenvalue weighted by Gasteiger charge is 2.17. The number of anilines is 1. The number of pyridine rings is 1. The van der Waals surface area contributed by atoms with Crippen LogP contribution in [0.2, 0.25) is 10.0 Å². The van der Waals surface area contributed by atoms with E-state index in [1.807, 2.05) is 0 Å². The molecule has 0 aliphatic carbocycles. The summed E-state index contributed by atoms with van der Waals surface area (Å²) in [5.74, 6) is -0.146. The Labute approximate surface area is 112 Å². The first-order chi connectivity index (χ1) is 8.50. The molecule has 7 heteroatoms. The minimum atomic E-state index is -0.601. The van der Waals surface area contributed by atoms with Crippen LogP contribution in [-0.2, 0) is 0 Å². The molecular formula is C11H7Cl2N3O2. The highest BCUT2D eigenvalue weighted by molar-refractivity contribution is 6.39. The first-order valence-corrected chi connectivity index (χ1v) is 5.60. The van der Waals surface area contributed by atoms with Crippen LogP contribution in [0.25, 0.3) is 11.1 Å². The monoisotopic (exact) mass is 283 g/mol. The van der Waals surface area contributed by atoms with E-state index in [9.17, 15) is 10.1 Å². The van der Waals surface area contributed by atoms with Gasteiger partial charge in [-0.05, 0) is 12.1 Å². The summed E-state index contributed by atoms with van der Waals surface area (Å²) in [5.41, 5.74) is 6.10. The Morgan fingerprint density at radius 3 is 2.44 bits per heavy atom. The van der Waals surface area contributed by atoms with E-state index in [-0.39, 0.29) is 11.5 Å². The highest BCUT2D eigenvalue weighted by Crippen LogP contribution is 2.36. The number of aromatic nitrogens is 1. The van der Waals surface area contributed by atoms with Crippen LogP contribution in [0.4, 0.5) is 11.5 Å². The van der Waals surface area contributed by atoms with Crippen molar-refractivity contribution in [3.05, 3.63) is 50.6 Å². The Bertz CT molecular complexity index is 611. The van der Waals surface area contributed by atoms with E-state index in [2.05, 4.69) is 4.98 Å². The van der Waals surface area contributed by atoms with Crippen molar-refractivity contribution in [2.45, 2.75) is 0 Å². The Hall–Kier alpha value is -1.85. The molecule has 1 heterocycles.